The molecule has 3 N–H and O–H groups in total. The molecule has 45 heavy (non-hydrogen) atoms. The maximum atomic E-state index is 13.7. The summed E-state index contributed by atoms with van der Waals surface area (Å²) in [4.78, 5) is 44.1. The first kappa shape index (κ1) is 35.0. The molecule has 2 unspecified atom stereocenters. The van der Waals surface area contributed by atoms with E-state index in [1.807, 2.05) is 0 Å². The fraction of sp³-hybridized carbons (Fsp3) is 0.406. The van der Waals surface area contributed by atoms with Crippen LogP contribution in [0, 0.1) is 0 Å². The topological polar surface area (TPSA) is 127 Å². The van der Waals surface area contributed by atoms with Crippen LogP contribution in [0.4, 0.5) is 0 Å². The number of halogens is 3. The molecule has 0 aromatic heterocycles. The van der Waals surface area contributed by atoms with Gasteiger partial charge < -0.3 is 25.3 Å². The second kappa shape index (κ2) is 15.6. The highest BCUT2D eigenvalue weighted by atomic mass is 35.5. The van der Waals surface area contributed by atoms with E-state index in [0.29, 0.717) is 24.0 Å². The summed E-state index contributed by atoms with van der Waals surface area (Å²) >= 11 is 13.1. The number of benzene rings is 2. The molecule has 3 heterocycles. The van der Waals surface area contributed by atoms with Crippen LogP contribution in [-0.4, -0.2) is 80.0 Å². The quantitative estimate of drug-likeness (QED) is 0.316. The van der Waals surface area contributed by atoms with Crippen molar-refractivity contribution < 1.29 is 28.8 Å². The second-order valence-corrected chi connectivity index (χ2v) is 13.5. The van der Waals surface area contributed by atoms with Crippen molar-refractivity contribution in [3.8, 4) is 0 Å². The molecular weight excluding hydrogens is 661 g/mol. The van der Waals surface area contributed by atoms with Crippen LogP contribution in [0.25, 0.3) is 0 Å². The minimum atomic E-state index is -1.68. The summed E-state index contributed by atoms with van der Waals surface area (Å²) in [5, 5.41) is 24.0. The smallest absolute Gasteiger partial charge is 0.334 e. The number of nitrogens with zero attached hydrogens (tertiary/aromatic N) is 2. The molecule has 2 fully saturated rings. The van der Waals surface area contributed by atoms with Crippen LogP contribution >= 0.6 is 35.6 Å². The molecule has 0 aliphatic carbocycles. The molecular formula is C32H36Cl3N3O6S. The number of dihydropyridines is 1. The Morgan fingerprint density at radius 2 is 1.40 bits per heavy atom. The van der Waals surface area contributed by atoms with Gasteiger partial charge in [0, 0.05) is 51.0 Å². The van der Waals surface area contributed by atoms with Gasteiger partial charge in [0.1, 0.15) is 0 Å². The second-order valence-electron chi connectivity index (χ2n) is 11.3. The zero-order valence-corrected chi connectivity index (χ0v) is 27.7. The van der Waals surface area contributed by atoms with Crippen molar-refractivity contribution in [1.82, 2.24) is 15.1 Å². The first-order valence-corrected chi connectivity index (χ1v) is 16.8. The molecule has 2 atom stereocenters. The summed E-state index contributed by atoms with van der Waals surface area (Å²) in [6.45, 7) is 3.26. The Morgan fingerprint density at radius 1 is 0.822 bits per heavy atom. The van der Waals surface area contributed by atoms with Gasteiger partial charge in [-0.1, -0.05) is 53.9 Å². The van der Waals surface area contributed by atoms with E-state index < -0.39 is 28.7 Å². The molecule has 2 aromatic rings. The molecule has 13 heteroatoms. The molecule has 0 saturated carbocycles. The highest BCUT2D eigenvalue weighted by Crippen LogP contribution is 2.45. The van der Waals surface area contributed by atoms with Gasteiger partial charge in [-0.15, -0.1) is 12.4 Å². The number of nitrogens with one attached hydrogen (secondary N) is 1. The van der Waals surface area contributed by atoms with Gasteiger partial charge >= 0.3 is 11.9 Å². The average molecular weight is 697 g/mol. The summed E-state index contributed by atoms with van der Waals surface area (Å²) < 4.78 is 13.4. The van der Waals surface area contributed by atoms with Crippen LogP contribution in [0.3, 0.4) is 0 Å². The number of aliphatic carboxylic acids is 2. The number of carbonyl (C=O) groups is 3. The predicted molar refractivity (Wildman–Crippen MR) is 176 cm³/mol. The Balaban J connectivity index is 0.00000461. The molecule has 9 nitrogen and oxygen atoms in total. The van der Waals surface area contributed by atoms with Crippen LogP contribution in [0.1, 0.15) is 50.0 Å². The third kappa shape index (κ3) is 7.92. The van der Waals surface area contributed by atoms with Crippen molar-refractivity contribution in [2.24, 2.45) is 0 Å². The number of rotatable bonds is 9. The lowest BCUT2D eigenvalue weighted by atomic mass is 9.79. The lowest BCUT2D eigenvalue weighted by Gasteiger charge is -2.40. The Morgan fingerprint density at radius 3 is 1.98 bits per heavy atom. The third-order valence-corrected chi connectivity index (χ3v) is 10.6. The van der Waals surface area contributed by atoms with Gasteiger partial charge in [-0.05, 0) is 63.0 Å². The normalized spacial score (nSPS) is 20.3. The SMILES string of the molecule is Cl.O=C(O)C1=C(CC(=O)N2CCC(N3CCCCC3)CC2)NC(CS(=O)c2ccccc2)=C(C(=O)O)C1c1c(Cl)cccc1Cl. The lowest BCUT2D eigenvalue weighted by molar-refractivity contribution is -0.133. The number of hydrogen-bond acceptors (Lipinski definition) is 6. The van der Waals surface area contributed by atoms with Crippen LogP contribution in [0.15, 0.2) is 76.0 Å². The molecule has 3 aliphatic rings. The van der Waals surface area contributed by atoms with E-state index in [1.165, 1.54) is 31.4 Å². The third-order valence-electron chi connectivity index (χ3n) is 8.61. The molecule has 0 spiro atoms. The van der Waals surface area contributed by atoms with Crippen LogP contribution < -0.4 is 5.32 Å². The molecule has 2 aromatic carbocycles. The van der Waals surface area contributed by atoms with Crippen molar-refractivity contribution in [2.75, 3.05) is 31.9 Å². The van der Waals surface area contributed by atoms with E-state index in [4.69, 9.17) is 23.2 Å². The number of likely N-dealkylation sites (tertiary alicyclic amines) is 2. The van der Waals surface area contributed by atoms with Gasteiger partial charge in [-0.2, -0.15) is 0 Å². The van der Waals surface area contributed by atoms with Crippen molar-refractivity contribution in [1.29, 1.82) is 0 Å². The van der Waals surface area contributed by atoms with E-state index in [9.17, 15) is 28.8 Å². The van der Waals surface area contributed by atoms with E-state index >= 15 is 0 Å². The Hall–Kier alpha value is -2.89. The highest BCUT2D eigenvalue weighted by Gasteiger charge is 2.41. The van der Waals surface area contributed by atoms with E-state index in [1.54, 1.807) is 41.3 Å². The molecule has 0 bridgehead atoms. The maximum Gasteiger partial charge on any atom is 0.334 e. The number of piperidine rings is 2. The fourth-order valence-corrected chi connectivity index (χ4v) is 8.19. The molecule has 242 valence electrons. The maximum absolute atomic E-state index is 13.7. The minimum Gasteiger partial charge on any atom is -0.478 e. The number of hydrogen-bond donors (Lipinski definition) is 3. The van der Waals surface area contributed by atoms with Gasteiger partial charge in [0.2, 0.25) is 5.91 Å². The van der Waals surface area contributed by atoms with Gasteiger partial charge in [0.25, 0.3) is 0 Å². The van der Waals surface area contributed by atoms with Gasteiger partial charge in [0.05, 0.1) is 40.0 Å². The average Bonchev–Trinajstić information content (AvgIpc) is 3.01. The molecule has 3 aliphatic heterocycles. The van der Waals surface area contributed by atoms with Crippen molar-refractivity contribution in [3.05, 3.63) is 86.7 Å². The van der Waals surface area contributed by atoms with Crippen LogP contribution in [0.5, 0.6) is 0 Å². The summed E-state index contributed by atoms with van der Waals surface area (Å²) in [5.74, 6) is -4.76. The summed E-state index contributed by atoms with van der Waals surface area (Å²) in [6, 6.07) is 13.6. The van der Waals surface area contributed by atoms with Crippen LogP contribution in [-0.2, 0) is 25.2 Å². The van der Waals surface area contributed by atoms with Crippen molar-refractivity contribution >= 4 is 64.3 Å². The first-order chi connectivity index (χ1) is 21.2. The number of carboxylic acid groups (broad SMARTS) is 2. The number of carboxylic acids is 2. The Kier molecular flexibility index (Phi) is 12.1. The minimum absolute atomic E-state index is 0. The van der Waals surface area contributed by atoms with E-state index in [-0.39, 0.29) is 68.6 Å². The van der Waals surface area contributed by atoms with Gasteiger partial charge in [-0.25, -0.2) is 9.59 Å². The van der Waals surface area contributed by atoms with E-state index in [0.717, 1.165) is 25.9 Å². The van der Waals surface area contributed by atoms with Crippen molar-refractivity contribution in [3.63, 3.8) is 0 Å². The fourth-order valence-electron chi connectivity index (χ4n) is 6.46. The number of carbonyl (C=O) groups excluding carboxylic acids is 1. The zero-order valence-electron chi connectivity index (χ0n) is 24.5. The van der Waals surface area contributed by atoms with Gasteiger partial charge in [-0.3, -0.25) is 9.00 Å². The predicted octanol–water partition coefficient (Wildman–Crippen LogP) is 5.45. The standard InChI is InChI=1S/C32H35Cl2N3O6S.ClH/c33-22-10-7-11-23(34)27(22)30-28(31(39)40)24(18-26(38)37-16-12-20(13-17-37)36-14-5-2-6-15-36)35-25(29(30)32(41)42)19-44(43)21-8-3-1-4-9-21;/h1,3-4,7-11,20,30,35H,2,5-6,12-19H2,(H,39,40)(H,41,42);1H. The van der Waals surface area contributed by atoms with Crippen molar-refractivity contribution in [2.45, 2.75) is 55.4 Å². The van der Waals surface area contributed by atoms with E-state index in [2.05, 4.69) is 10.2 Å². The molecule has 0 radical (unpaired) electrons. The summed E-state index contributed by atoms with van der Waals surface area (Å²) in [7, 11) is -1.68. The Labute approximate surface area is 281 Å². The van der Waals surface area contributed by atoms with Crippen LogP contribution in [0.2, 0.25) is 10.0 Å². The monoisotopic (exact) mass is 695 g/mol. The first-order valence-electron chi connectivity index (χ1n) is 14.7. The number of amides is 1. The zero-order chi connectivity index (χ0) is 31.4. The molecule has 2 saturated heterocycles. The molecule has 1 amide bonds. The highest BCUT2D eigenvalue weighted by molar-refractivity contribution is 7.85. The lowest BCUT2D eigenvalue weighted by Crippen LogP contribution is -2.48. The molecule has 5 rings (SSSR count). The van der Waals surface area contributed by atoms with Gasteiger partial charge in [0.15, 0.2) is 0 Å². The summed E-state index contributed by atoms with van der Waals surface area (Å²) in [5.41, 5.74) is -0.491. The summed E-state index contributed by atoms with van der Waals surface area (Å²) in [6.07, 6.45) is 5.01. The largest absolute Gasteiger partial charge is 0.478 e. The Bertz CT molecular complexity index is 1500.